The standard InChI is InChI=1S/C18H33N5O3S2.HI/c1-3-23(4-2)28(24,25)17-7-6-16(27-17)8-10-21-18(19)20-9-5-11-22-12-14-26-15-13-22;/h6-7H,3-5,8-15H2,1-2H3,(H3,19,20,21);1H. The van der Waals surface area contributed by atoms with Gasteiger partial charge < -0.3 is 15.8 Å². The maximum Gasteiger partial charge on any atom is 0.252 e. The predicted octanol–water partition coefficient (Wildman–Crippen LogP) is 1.57. The third kappa shape index (κ3) is 8.66. The van der Waals surface area contributed by atoms with Gasteiger partial charge in [0, 0.05) is 50.7 Å². The zero-order chi connectivity index (χ0) is 20.4. The van der Waals surface area contributed by atoms with Crippen LogP contribution in [0.2, 0.25) is 0 Å². The Bertz CT molecular complexity index is 717. The molecule has 0 bridgehead atoms. The van der Waals surface area contributed by atoms with Crippen molar-refractivity contribution in [1.29, 1.82) is 0 Å². The van der Waals surface area contributed by atoms with Crippen molar-refractivity contribution in [2.24, 2.45) is 10.7 Å². The van der Waals surface area contributed by atoms with Gasteiger partial charge in [0.2, 0.25) is 0 Å². The number of rotatable bonds is 11. The van der Waals surface area contributed by atoms with Gasteiger partial charge in [0.25, 0.3) is 10.0 Å². The highest BCUT2D eigenvalue weighted by Crippen LogP contribution is 2.25. The molecule has 29 heavy (non-hydrogen) atoms. The van der Waals surface area contributed by atoms with E-state index in [1.807, 2.05) is 19.9 Å². The van der Waals surface area contributed by atoms with Crippen LogP contribution in [0.4, 0.5) is 0 Å². The lowest BCUT2D eigenvalue weighted by Gasteiger charge is -2.26. The summed E-state index contributed by atoms with van der Waals surface area (Å²) >= 11 is 1.32. The zero-order valence-corrected chi connectivity index (χ0v) is 21.3. The third-order valence-electron chi connectivity index (χ3n) is 4.63. The first-order chi connectivity index (χ1) is 13.5. The van der Waals surface area contributed by atoms with E-state index in [0.29, 0.717) is 42.8 Å². The molecule has 0 amide bonds. The first-order valence-electron chi connectivity index (χ1n) is 9.90. The number of nitrogens with two attached hydrogens (primary N) is 1. The van der Waals surface area contributed by atoms with Crippen LogP contribution in [0.15, 0.2) is 21.3 Å². The molecular weight excluding hydrogens is 525 g/mol. The van der Waals surface area contributed by atoms with Crippen molar-refractivity contribution in [2.45, 2.75) is 30.9 Å². The molecule has 2 heterocycles. The molecular formula is C18H34IN5O3S2. The van der Waals surface area contributed by atoms with Gasteiger partial charge in [-0.2, -0.15) is 4.31 Å². The lowest BCUT2D eigenvalue weighted by Crippen LogP contribution is -2.37. The van der Waals surface area contributed by atoms with Crippen molar-refractivity contribution in [2.75, 3.05) is 59.0 Å². The van der Waals surface area contributed by atoms with Crippen LogP contribution < -0.4 is 11.1 Å². The fourth-order valence-electron chi connectivity index (χ4n) is 3.01. The monoisotopic (exact) mass is 559 g/mol. The molecule has 1 aromatic rings. The topological polar surface area (TPSA) is 100 Å². The molecule has 1 fully saturated rings. The van der Waals surface area contributed by atoms with Crippen molar-refractivity contribution in [1.82, 2.24) is 14.5 Å². The summed E-state index contributed by atoms with van der Waals surface area (Å²) in [6, 6.07) is 3.56. The Kier molecular flexibility index (Phi) is 12.6. The lowest BCUT2D eigenvalue weighted by molar-refractivity contribution is 0.0377. The predicted molar refractivity (Wildman–Crippen MR) is 130 cm³/mol. The Morgan fingerprint density at radius 2 is 2.00 bits per heavy atom. The molecule has 0 aromatic carbocycles. The molecule has 8 nitrogen and oxygen atoms in total. The molecule has 0 radical (unpaired) electrons. The minimum Gasteiger partial charge on any atom is -0.379 e. The summed E-state index contributed by atoms with van der Waals surface area (Å²) in [5.41, 5.74) is 5.91. The van der Waals surface area contributed by atoms with E-state index in [0.717, 1.165) is 44.1 Å². The van der Waals surface area contributed by atoms with Gasteiger partial charge >= 0.3 is 0 Å². The van der Waals surface area contributed by atoms with E-state index in [1.54, 1.807) is 6.07 Å². The second-order valence-electron chi connectivity index (χ2n) is 6.56. The lowest BCUT2D eigenvalue weighted by atomic mass is 10.3. The summed E-state index contributed by atoms with van der Waals surface area (Å²) in [4.78, 5) is 7.75. The number of guanidine groups is 1. The highest BCUT2D eigenvalue weighted by atomic mass is 127. The molecule has 1 aromatic heterocycles. The van der Waals surface area contributed by atoms with Gasteiger partial charge in [-0.25, -0.2) is 8.42 Å². The maximum absolute atomic E-state index is 12.5. The van der Waals surface area contributed by atoms with Crippen molar-refractivity contribution in [3.63, 3.8) is 0 Å². The second-order valence-corrected chi connectivity index (χ2v) is 9.89. The summed E-state index contributed by atoms with van der Waals surface area (Å²) in [6.45, 7) is 10.6. The fraction of sp³-hybridized carbons (Fsp3) is 0.722. The molecule has 0 atom stereocenters. The SMILES string of the molecule is CCN(CC)S(=O)(=O)c1ccc(CCNC(N)=NCCCN2CCOCC2)s1.I. The van der Waals surface area contributed by atoms with Crippen molar-refractivity contribution >= 4 is 51.3 Å². The molecule has 0 saturated carbocycles. The first kappa shape index (κ1) is 26.6. The maximum atomic E-state index is 12.5. The number of aliphatic imine (C=N–C) groups is 1. The van der Waals surface area contributed by atoms with Crippen LogP contribution >= 0.6 is 35.3 Å². The summed E-state index contributed by atoms with van der Waals surface area (Å²) < 4.78 is 32.3. The smallest absolute Gasteiger partial charge is 0.252 e. The van der Waals surface area contributed by atoms with Gasteiger partial charge in [-0.3, -0.25) is 9.89 Å². The van der Waals surface area contributed by atoms with Crippen LogP contribution in [0.1, 0.15) is 25.1 Å². The summed E-state index contributed by atoms with van der Waals surface area (Å²) in [5.74, 6) is 0.439. The van der Waals surface area contributed by atoms with Gasteiger partial charge in [0.1, 0.15) is 4.21 Å². The number of nitrogens with one attached hydrogen (secondary N) is 1. The number of thiophene rings is 1. The molecule has 1 saturated heterocycles. The Balaban J connectivity index is 0.00000420. The Hall–Kier alpha value is -0.470. The Labute approximate surface area is 195 Å². The zero-order valence-electron chi connectivity index (χ0n) is 17.3. The van der Waals surface area contributed by atoms with Crippen LogP contribution in [0.25, 0.3) is 0 Å². The number of nitrogens with zero attached hydrogens (tertiary/aromatic N) is 3. The number of hydrogen-bond donors (Lipinski definition) is 2. The first-order valence-corrected chi connectivity index (χ1v) is 12.2. The van der Waals surface area contributed by atoms with Gasteiger partial charge in [-0.1, -0.05) is 13.8 Å². The number of sulfonamides is 1. The normalized spacial score (nSPS) is 16.0. The van der Waals surface area contributed by atoms with Crippen LogP contribution in [0, 0.1) is 0 Å². The highest BCUT2D eigenvalue weighted by molar-refractivity contribution is 14.0. The highest BCUT2D eigenvalue weighted by Gasteiger charge is 2.23. The van der Waals surface area contributed by atoms with E-state index in [1.165, 1.54) is 15.6 Å². The summed E-state index contributed by atoms with van der Waals surface area (Å²) in [6.07, 6.45) is 1.68. The van der Waals surface area contributed by atoms with Crippen molar-refractivity contribution < 1.29 is 13.2 Å². The molecule has 3 N–H and O–H groups in total. The van der Waals surface area contributed by atoms with Crippen LogP contribution in [-0.4, -0.2) is 82.6 Å². The molecule has 168 valence electrons. The van der Waals surface area contributed by atoms with Gasteiger partial charge in [-0.15, -0.1) is 35.3 Å². The van der Waals surface area contributed by atoms with E-state index in [9.17, 15) is 8.42 Å². The van der Waals surface area contributed by atoms with E-state index in [-0.39, 0.29) is 24.0 Å². The van der Waals surface area contributed by atoms with Gasteiger partial charge in [0.15, 0.2) is 5.96 Å². The fourth-order valence-corrected chi connectivity index (χ4v) is 5.98. The molecule has 2 rings (SSSR count). The third-order valence-corrected chi connectivity index (χ3v) is 8.29. The minimum atomic E-state index is -3.37. The average Bonchev–Trinajstić information content (AvgIpc) is 3.17. The number of morpholine rings is 1. The van der Waals surface area contributed by atoms with Gasteiger partial charge in [-0.05, 0) is 25.0 Å². The Morgan fingerprint density at radius 3 is 2.66 bits per heavy atom. The van der Waals surface area contributed by atoms with Crippen molar-refractivity contribution in [3.05, 3.63) is 17.0 Å². The van der Waals surface area contributed by atoms with Crippen LogP contribution in [0.3, 0.4) is 0 Å². The van der Waals surface area contributed by atoms with E-state index in [4.69, 9.17) is 10.5 Å². The molecule has 1 aliphatic rings. The van der Waals surface area contributed by atoms with E-state index < -0.39 is 10.0 Å². The molecule has 11 heteroatoms. The molecule has 0 unspecified atom stereocenters. The molecule has 0 aliphatic carbocycles. The summed E-state index contributed by atoms with van der Waals surface area (Å²) in [7, 11) is -3.37. The number of halogens is 1. The largest absolute Gasteiger partial charge is 0.379 e. The molecule has 1 aliphatic heterocycles. The second kappa shape index (κ2) is 13.8. The van der Waals surface area contributed by atoms with Gasteiger partial charge in [0.05, 0.1) is 13.2 Å². The Morgan fingerprint density at radius 1 is 1.31 bits per heavy atom. The van der Waals surface area contributed by atoms with Crippen molar-refractivity contribution in [3.8, 4) is 0 Å². The number of hydrogen-bond acceptors (Lipinski definition) is 6. The van der Waals surface area contributed by atoms with E-state index in [2.05, 4.69) is 15.2 Å². The quantitative estimate of drug-likeness (QED) is 0.185. The minimum absolute atomic E-state index is 0. The number of ether oxygens (including phenoxy) is 1. The van der Waals surface area contributed by atoms with Crippen LogP contribution in [-0.2, 0) is 21.2 Å². The van der Waals surface area contributed by atoms with E-state index >= 15 is 0 Å². The van der Waals surface area contributed by atoms with Crippen LogP contribution in [0.5, 0.6) is 0 Å². The molecule has 0 spiro atoms. The summed E-state index contributed by atoms with van der Waals surface area (Å²) in [5, 5.41) is 3.10. The average molecular weight is 560 g/mol.